The Morgan fingerprint density at radius 3 is 2.84 bits per heavy atom. The van der Waals surface area contributed by atoms with Gasteiger partial charge in [-0.15, -0.1) is 0 Å². The summed E-state index contributed by atoms with van der Waals surface area (Å²) < 4.78 is 21.3. The fourth-order valence-corrected chi connectivity index (χ4v) is 5.22. The Labute approximate surface area is 215 Å². The van der Waals surface area contributed by atoms with E-state index in [1.807, 2.05) is 0 Å². The summed E-state index contributed by atoms with van der Waals surface area (Å²) in [5, 5.41) is 21.0. The van der Waals surface area contributed by atoms with E-state index in [0.29, 0.717) is 34.0 Å². The number of aromatic amines is 2. The second kappa shape index (κ2) is 9.03. The van der Waals surface area contributed by atoms with Crippen molar-refractivity contribution in [1.82, 2.24) is 35.1 Å². The number of anilines is 1. The molecule has 38 heavy (non-hydrogen) atoms. The second-order valence-corrected chi connectivity index (χ2v) is 9.53. The van der Waals surface area contributed by atoms with Crippen LogP contribution in [0.15, 0.2) is 59.9 Å². The average molecular weight is 511 g/mol. The Kier molecular flexibility index (Phi) is 5.36. The van der Waals surface area contributed by atoms with Gasteiger partial charge in [0.05, 0.1) is 35.3 Å². The van der Waals surface area contributed by atoms with Crippen LogP contribution in [0.5, 0.6) is 0 Å². The van der Waals surface area contributed by atoms with Gasteiger partial charge in [0.15, 0.2) is 11.5 Å². The number of hydrogen-bond acceptors (Lipinski definition) is 8. The molecule has 0 radical (unpaired) electrons. The maximum absolute atomic E-state index is 16.1. The molecule has 0 aromatic carbocycles. The second-order valence-electron chi connectivity index (χ2n) is 9.53. The Morgan fingerprint density at radius 1 is 1.11 bits per heavy atom. The summed E-state index contributed by atoms with van der Waals surface area (Å²) in [5.74, 6) is 0.115. The molecule has 0 aliphatic heterocycles. The molecule has 1 aliphatic carbocycles. The van der Waals surface area contributed by atoms with Crippen molar-refractivity contribution < 1.29 is 13.9 Å². The molecule has 6 aromatic rings. The smallest absolute Gasteiger partial charge is 0.184 e. The molecule has 7 rings (SSSR count). The molecule has 11 heteroatoms. The van der Waals surface area contributed by atoms with Crippen molar-refractivity contribution in [2.45, 2.75) is 31.9 Å². The van der Waals surface area contributed by atoms with Crippen LogP contribution in [0.4, 0.5) is 10.1 Å². The molecule has 0 bridgehead atoms. The Hall–Kier alpha value is -4.64. The van der Waals surface area contributed by atoms with Crippen molar-refractivity contribution in [3.05, 3.63) is 61.3 Å². The standard InChI is InChI=1S/C27H23FN8O2/c28-21-18(16-9-17(11-29-10-16)32-27(37)14-3-1-2-4-14)12-31-25-20(21)24(35-36-25)26-33-19-5-7-30-22(23(19)34-26)15-6-8-38-13-15/h5-14,27,32,37H,1-4H2,(H,33,34)(H,31,35,36). The first kappa shape index (κ1) is 22.5. The lowest BCUT2D eigenvalue weighted by molar-refractivity contribution is 0.137. The SMILES string of the molecule is OC(Nc1cncc(-c2cnc3n[nH]c(-c4nc5c(-c6ccoc6)nccc5[nH]4)c3c2F)c1)C1CCCC1. The van der Waals surface area contributed by atoms with Crippen LogP contribution in [0.1, 0.15) is 25.7 Å². The number of halogens is 1. The zero-order chi connectivity index (χ0) is 25.6. The van der Waals surface area contributed by atoms with E-state index in [1.165, 1.54) is 6.20 Å². The molecule has 10 nitrogen and oxygen atoms in total. The quantitative estimate of drug-likeness (QED) is 0.222. The van der Waals surface area contributed by atoms with Crippen LogP contribution < -0.4 is 5.32 Å². The first-order valence-corrected chi connectivity index (χ1v) is 12.5. The van der Waals surface area contributed by atoms with E-state index in [-0.39, 0.29) is 22.5 Å². The van der Waals surface area contributed by atoms with Gasteiger partial charge in [-0.3, -0.25) is 15.1 Å². The van der Waals surface area contributed by atoms with E-state index in [2.05, 4.69) is 35.5 Å². The Morgan fingerprint density at radius 2 is 2.00 bits per heavy atom. The molecule has 0 spiro atoms. The maximum Gasteiger partial charge on any atom is 0.184 e. The molecule has 190 valence electrons. The van der Waals surface area contributed by atoms with Crippen LogP contribution in [0, 0.1) is 11.7 Å². The highest BCUT2D eigenvalue weighted by Crippen LogP contribution is 2.35. The van der Waals surface area contributed by atoms with Gasteiger partial charge >= 0.3 is 0 Å². The van der Waals surface area contributed by atoms with Crippen molar-refractivity contribution >= 4 is 27.8 Å². The monoisotopic (exact) mass is 510 g/mol. The molecule has 4 N–H and O–H groups in total. The number of furan rings is 1. The Balaban J connectivity index is 1.28. The van der Waals surface area contributed by atoms with Crippen molar-refractivity contribution in [2.24, 2.45) is 5.92 Å². The topological polar surface area (TPSA) is 141 Å². The molecule has 6 heterocycles. The third-order valence-electron chi connectivity index (χ3n) is 7.16. The number of nitrogens with zero attached hydrogens (tertiary/aromatic N) is 5. The summed E-state index contributed by atoms with van der Waals surface area (Å²) >= 11 is 0. The molecule has 6 aromatic heterocycles. The summed E-state index contributed by atoms with van der Waals surface area (Å²) in [7, 11) is 0. The predicted octanol–water partition coefficient (Wildman–Crippen LogP) is 5.28. The minimum atomic E-state index is -0.671. The van der Waals surface area contributed by atoms with Crippen molar-refractivity contribution in [3.8, 4) is 33.9 Å². The number of aliphatic hydroxyl groups is 1. The minimum absolute atomic E-state index is 0.204. The number of aromatic nitrogens is 7. The van der Waals surface area contributed by atoms with E-state index >= 15 is 4.39 Å². The number of aliphatic hydroxyl groups excluding tert-OH is 1. The number of rotatable bonds is 6. The fraction of sp³-hybridized carbons (Fsp3) is 0.222. The van der Waals surface area contributed by atoms with E-state index < -0.39 is 12.0 Å². The van der Waals surface area contributed by atoms with Crippen LogP contribution >= 0.6 is 0 Å². The van der Waals surface area contributed by atoms with Gasteiger partial charge in [-0.25, -0.2) is 14.4 Å². The van der Waals surface area contributed by atoms with Gasteiger partial charge in [-0.05, 0) is 31.0 Å². The minimum Gasteiger partial charge on any atom is -0.472 e. The summed E-state index contributed by atoms with van der Waals surface area (Å²) in [5.41, 5.74) is 4.82. The van der Waals surface area contributed by atoms with Crippen LogP contribution in [0.25, 0.3) is 56.0 Å². The van der Waals surface area contributed by atoms with Crippen molar-refractivity contribution in [3.63, 3.8) is 0 Å². The largest absolute Gasteiger partial charge is 0.472 e. The summed E-state index contributed by atoms with van der Waals surface area (Å²) in [6.07, 6.45) is 13.0. The van der Waals surface area contributed by atoms with Gasteiger partial charge in [0, 0.05) is 41.2 Å². The molecule has 1 aliphatic rings. The normalized spacial score (nSPS) is 15.0. The van der Waals surface area contributed by atoms with Gasteiger partial charge in [0.1, 0.15) is 28.9 Å². The summed E-state index contributed by atoms with van der Waals surface area (Å²) in [4.78, 5) is 21.1. The van der Waals surface area contributed by atoms with E-state index in [9.17, 15) is 5.11 Å². The maximum atomic E-state index is 16.1. The average Bonchev–Trinajstić information content (AvgIpc) is 3.74. The first-order valence-electron chi connectivity index (χ1n) is 12.5. The summed E-state index contributed by atoms with van der Waals surface area (Å²) in [6, 6.07) is 5.38. The van der Waals surface area contributed by atoms with E-state index in [1.54, 1.807) is 49.3 Å². The third-order valence-corrected chi connectivity index (χ3v) is 7.16. The number of H-pyrrole nitrogens is 2. The molecule has 1 atom stereocenters. The first-order chi connectivity index (χ1) is 18.7. The molecule has 0 saturated heterocycles. The Bertz CT molecular complexity index is 1750. The molecule has 1 unspecified atom stereocenters. The van der Waals surface area contributed by atoms with Crippen LogP contribution in [0.2, 0.25) is 0 Å². The zero-order valence-electron chi connectivity index (χ0n) is 20.1. The van der Waals surface area contributed by atoms with Gasteiger partial charge in [-0.2, -0.15) is 5.10 Å². The predicted molar refractivity (Wildman–Crippen MR) is 139 cm³/mol. The third kappa shape index (κ3) is 3.79. The molecular weight excluding hydrogens is 487 g/mol. The highest BCUT2D eigenvalue weighted by Gasteiger charge is 2.24. The molecule has 0 amide bonds. The van der Waals surface area contributed by atoms with Gasteiger partial charge in [0.25, 0.3) is 0 Å². The molecule has 1 fully saturated rings. The van der Waals surface area contributed by atoms with Gasteiger partial charge < -0.3 is 19.8 Å². The number of fused-ring (bicyclic) bond motifs is 2. The van der Waals surface area contributed by atoms with Crippen LogP contribution in [0.3, 0.4) is 0 Å². The number of nitrogens with one attached hydrogen (secondary N) is 3. The lowest BCUT2D eigenvalue weighted by atomic mass is 10.1. The van der Waals surface area contributed by atoms with Gasteiger partial charge in [0.2, 0.25) is 0 Å². The lowest BCUT2D eigenvalue weighted by Gasteiger charge is -2.20. The van der Waals surface area contributed by atoms with Crippen molar-refractivity contribution in [2.75, 3.05) is 5.32 Å². The van der Waals surface area contributed by atoms with E-state index in [4.69, 9.17) is 9.40 Å². The number of imidazole rings is 1. The molecular formula is C27H23FN8O2. The highest BCUT2D eigenvalue weighted by molar-refractivity contribution is 5.96. The number of pyridine rings is 3. The van der Waals surface area contributed by atoms with Gasteiger partial charge in [-0.1, -0.05) is 12.8 Å². The zero-order valence-corrected chi connectivity index (χ0v) is 20.1. The summed E-state index contributed by atoms with van der Waals surface area (Å²) in [6.45, 7) is 0. The van der Waals surface area contributed by atoms with Crippen LogP contribution in [-0.4, -0.2) is 46.5 Å². The van der Waals surface area contributed by atoms with Crippen molar-refractivity contribution in [1.29, 1.82) is 0 Å². The van der Waals surface area contributed by atoms with Crippen LogP contribution in [-0.2, 0) is 0 Å². The number of hydrogen-bond donors (Lipinski definition) is 4. The fourth-order valence-electron chi connectivity index (χ4n) is 5.22. The molecule has 1 saturated carbocycles. The van der Waals surface area contributed by atoms with E-state index in [0.717, 1.165) is 36.8 Å². The highest BCUT2D eigenvalue weighted by atomic mass is 19.1. The lowest BCUT2D eigenvalue weighted by Crippen LogP contribution is -2.26.